The van der Waals surface area contributed by atoms with Crippen molar-refractivity contribution >= 4 is 23.5 Å². The molecule has 2 aliphatic rings. The van der Waals surface area contributed by atoms with E-state index in [4.69, 9.17) is 9.47 Å². The van der Waals surface area contributed by atoms with E-state index < -0.39 is 0 Å². The van der Waals surface area contributed by atoms with Crippen LogP contribution in [0.3, 0.4) is 0 Å². The molecule has 2 aliphatic heterocycles. The number of aryl methyl sites for hydroxylation is 1. The fraction of sp³-hybridized carbons (Fsp3) is 0.323. The lowest BCUT2D eigenvalue weighted by atomic mass is 9.95. The third kappa shape index (κ3) is 5.88. The van der Waals surface area contributed by atoms with E-state index in [1.54, 1.807) is 48.5 Å². The normalized spacial score (nSPS) is 15.6. The number of piperidine rings is 1. The molecule has 0 N–H and O–H groups in total. The maximum atomic E-state index is 13.1. The van der Waals surface area contributed by atoms with Crippen LogP contribution in [-0.2, 0) is 16.0 Å². The second kappa shape index (κ2) is 11.9. The Morgan fingerprint density at radius 3 is 2.26 bits per heavy atom. The zero-order chi connectivity index (χ0) is 26.3. The number of esters is 1. The first-order valence-electron chi connectivity index (χ1n) is 13.2. The van der Waals surface area contributed by atoms with E-state index >= 15 is 0 Å². The van der Waals surface area contributed by atoms with E-state index in [0.29, 0.717) is 49.4 Å². The number of ether oxygens (including phenoxy) is 2. The van der Waals surface area contributed by atoms with Gasteiger partial charge in [-0.15, -0.1) is 0 Å². The predicted octanol–water partition coefficient (Wildman–Crippen LogP) is 4.90. The standard InChI is InChI=1S/C31H32N2O5/c34-29-16-13-23-7-4-5-10-28(23)33(29)26-17-19-32(20-18-26)30(35)24-11-14-27(15-12-24)37-21-6-22-38-31(36)25-8-2-1-3-9-25/h1-5,7-12,14-15,26H,6,13,16-22H2. The molecule has 0 atom stereocenters. The summed E-state index contributed by atoms with van der Waals surface area (Å²) in [6.07, 6.45) is 3.44. The van der Waals surface area contributed by atoms with Crippen molar-refractivity contribution in [2.45, 2.75) is 38.1 Å². The van der Waals surface area contributed by atoms with Crippen molar-refractivity contribution in [3.05, 3.63) is 95.6 Å². The molecular weight excluding hydrogens is 480 g/mol. The van der Waals surface area contributed by atoms with E-state index in [2.05, 4.69) is 6.07 Å². The smallest absolute Gasteiger partial charge is 0.338 e. The van der Waals surface area contributed by atoms with Gasteiger partial charge in [-0.1, -0.05) is 36.4 Å². The number of hydrogen-bond acceptors (Lipinski definition) is 5. The minimum atomic E-state index is -0.343. The van der Waals surface area contributed by atoms with E-state index in [1.165, 1.54) is 5.56 Å². The van der Waals surface area contributed by atoms with Gasteiger partial charge in [0, 0.05) is 43.2 Å². The minimum Gasteiger partial charge on any atom is -0.493 e. The van der Waals surface area contributed by atoms with Crippen molar-refractivity contribution in [3.8, 4) is 5.75 Å². The first-order chi connectivity index (χ1) is 18.6. The Kier molecular flexibility index (Phi) is 8.02. The Hall–Kier alpha value is -4.13. The van der Waals surface area contributed by atoms with Gasteiger partial charge in [0.05, 0.1) is 18.8 Å². The van der Waals surface area contributed by atoms with E-state index in [0.717, 1.165) is 24.9 Å². The van der Waals surface area contributed by atoms with Crippen molar-refractivity contribution in [1.82, 2.24) is 4.90 Å². The Labute approximate surface area is 223 Å². The van der Waals surface area contributed by atoms with Crippen LogP contribution in [0.25, 0.3) is 0 Å². The summed E-state index contributed by atoms with van der Waals surface area (Å²) in [5, 5.41) is 0. The highest BCUT2D eigenvalue weighted by molar-refractivity contribution is 5.97. The van der Waals surface area contributed by atoms with Gasteiger partial charge in [-0.3, -0.25) is 9.59 Å². The number of nitrogens with zero attached hydrogens (tertiary/aromatic N) is 2. The van der Waals surface area contributed by atoms with Crippen LogP contribution in [-0.4, -0.2) is 55.0 Å². The molecule has 0 aliphatic carbocycles. The number of anilines is 1. The number of para-hydroxylation sites is 1. The van der Waals surface area contributed by atoms with Gasteiger partial charge in [0.2, 0.25) is 5.91 Å². The highest BCUT2D eigenvalue weighted by Crippen LogP contribution is 2.32. The topological polar surface area (TPSA) is 76.2 Å². The number of fused-ring (bicyclic) bond motifs is 1. The molecule has 7 nitrogen and oxygen atoms in total. The third-order valence-corrected chi connectivity index (χ3v) is 7.15. The second-order valence-corrected chi connectivity index (χ2v) is 9.64. The van der Waals surface area contributed by atoms with Crippen LogP contribution in [0.4, 0.5) is 5.69 Å². The van der Waals surface area contributed by atoms with Gasteiger partial charge in [-0.05, 0) is 67.3 Å². The lowest BCUT2D eigenvalue weighted by molar-refractivity contribution is -0.119. The summed E-state index contributed by atoms with van der Waals surface area (Å²) in [6, 6.07) is 24.3. The Morgan fingerprint density at radius 2 is 1.50 bits per heavy atom. The SMILES string of the molecule is O=C(OCCCOc1ccc(C(=O)N2CCC(N3C(=O)CCc4ccccc43)CC2)cc1)c1ccccc1. The molecule has 0 aromatic heterocycles. The van der Waals surface area contributed by atoms with Crippen LogP contribution in [0.1, 0.15) is 52.0 Å². The van der Waals surface area contributed by atoms with E-state index in [-0.39, 0.29) is 30.4 Å². The van der Waals surface area contributed by atoms with Crippen molar-refractivity contribution in [2.75, 3.05) is 31.2 Å². The van der Waals surface area contributed by atoms with Gasteiger partial charge in [-0.25, -0.2) is 4.79 Å². The summed E-state index contributed by atoms with van der Waals surface area (Å²) in [7, 11) is 0. The molecule has 0 spiro atoms. The quantitative estimate of drug-likeness (QED) is 0.317. The lowest BCUT2D eigenvalue weighted by Gasteiger charge is -2.41. The monoisotopic (exact) mass is 512 g/mol. The third-order valence-electron chi connectivity index (χ3n) is 7.15. The molecule has 7 heteroatoms. The molecule has 2 amide bonds. The van der Waals surface area contributed by atoms with Gasteiger partial charge in [0.15, 0.2) is 0 Å². The molecule has 1 saturated heterocycles. The van der Waals surface area contributed by atoms with Crippen LogP contribution < -0.4 is 9.64 Å². The molecule has 0 bridgehead atoms. The molecule has 0 unspecified atom stereocenters. The minimum absolute atomic E-state index is 0.00630. The summed E-state index contributed by atoms with van der Waals surface area (Å²) >= 11 is 0. The number of carbonyl (C=O) groups excluding carboxylic acids is 3. The maximum absolute atomic E-state index is 13.1. The Bertz CT molecular complexity index is 1270. The van der Waals surface area contributed by atoms with Crippen LogP contribution in [0.5, 0.6) is 5.75 Å². The van der Waals surface area contributed by atoms with Crippen LogP contribution in [0.15, 0.2) is 78.9 Å². The first-order valence-corrected chi connectivity index (χ1v) is 13.2. The molecule has 0 saturated carbocycles. The average Bonchev–Trinajstić information content (AvgIpc) is 2.97. The largest absolute Gasteiger partial charge is 0.493 e. The predicted molar refractivity (Wildman–Crippen MR) is 144 cm³/mol. The second-order valence-electron chi connectivity index (χ2n) is 9.64. The van der Waals surface area contributed by atoms with Crippen molar-refractivity contribution < 1.29 is 23.9 Å². The number of amides is 2. The lowest BCUT2D eigenvalue weighted by Crippen LogP contribution is -2.50. The molecular formula is C31H32N2O5. The summed E-state index contributed by atoms with van der Waals surface area (Å²) in [5.74, 6) is 0.494. The Morgan fingerprint density at radius 1 is 0.789 bits per heavy atom. The van der Waals surface area contributed by atoms with Crippen LogP contribution in [0.2, 0.25) is 0 Å². The van der Waals surface area contributed by atoms with Crippen LogP contribution in [0, 0.1) is 0 Å². The maximum Gasteiger partial charge on any atom is 0.338 e. The van der Waals surface area contributed by atoms with Crippen molar-refractivity contribution in [2.24, 2.45) is 0 Å². The fourth-order valence-electron chi connectivity index (χ4n) is 5.13. The summed E-state index contributed by atoms with van der Waals surface area (Å²) in [6.45, 7) is 1.92. The summed E-state index contributed by atoms with van der Waals surface area (Å²) in [4.78, 5) is 41.6. The molecule has 38 heavy (non-hydrogen) atoms. The zero-order valence-corrected chi connectivity index (χ0v) is 21.4. The molecule has 5 rings (SSSR count). The van der Waals surface area contributed by atoms with Gasteiger partial charge >= 0.3 is 5.97 Å². The number of benzene rings is 3. The molecule has 1 fully saturated rings. The highest BCUT2D eigenvalue weighted by atomic mass is 16.5. The van der Waals surface area contributed by atoms with E-state index in [9.17, 15) is 14.4 Å². The number of hydrogen-bond donors (Lipinski definition) is 0. The summed E-state index contributed by atoms with van der Waals surface area (Å²) in [5.41, 5.74) is 3.40. The highest BCUT2D eigenvalue weighted by Gasteiger charge is 2.33. The van der Waals surface area contributed by atoms with Crippen molar-refractivity contribution in [1.29, 1.82) is 0 Å². The van der Waals surface area contributed by atoms with Gasteiger partial charge < -0.3 is 19.3 Å². The fourth-order valence-corrected chi connectivity index (χ4v) is 5.13. The number of carbonyl (C=O) groups is 3. The molecule has 0 radical (unpaired) electrons. The average molecular weight is 513 g/mol. The summed E-state index contributed by atoms with van der Waals surface area (Å²) < 4.78 is 11.0. The molecule has 3 aromatic carbocycles. The number of rotatable bonds is 8. The van der Waals surface area contributed by atoms with E-state index in [1.807, 2.05) is 34.1 Å². The molecule has 3 aromatic rings. The van der Waals surface area contributed by atoms with Gasteiger partial charge in [0.1, 0.15) is 5.75 Å². The van der Waals surface area contributed by atoms with Gasteiger partial charge in [-0.2, -0.15) is 0 Å². The Balaban J connectivity index is 1.07. The van der Waals surface area contributed by atoms with Crippen molar-refractivity contribution in [3.63, 3.8) is 0 Å². The molecule has 196 valence electrons. The first kappa shape index (κ1) is 25.5. The number of likely N-dealkylation sites (tertiary alicyclic amines) is 1. The van der Waals surface area contributed by atoms with Crippen LogP contribution >= 0.6 is 0 Å². The van der Waals surface area contributed by atoms with Gasteiger partial charge in [0.25, 0.3) is 5.91 Å². The molecule has 2 heterocycles. The zero-order valence-electron chi connectivity index (χ0n) is 21.4.